The molecule has 7 heteroatoms. The maximum atomic E-state index is 13.8. The molecular weight excluding hydrogens is 415 g/mol. The van der Waals surface area contributed by atoms with E-state index < -0.39 is 0 Å². The second-order valence-corrected chi connectivity index (χ2v) is 7.21. The first-order valence-corrected chi connectivity index (χ1v) is 9.25. The minimum Gasteiger partial charge on any atom is -0.330 e. The van der Waals surface area contributed by atoms with Gasteiger partial charge in [0.05, 0.1) is 29.3 Å². The predicted molar refractivity (Wildman–Crippen MR) is 111 cm³/mol. The van der Waals surface area contributed by atoms with E-state index in [1.54, 1.807) is 18.2 Å². The van der Waals surface area contributed by atoms with Crippen LogP contribution in [0.2, 0.25) is 0 Å². The molecule has 0 aliphatic heterocycles. The van der Waals surface area contributed by atoms with Crippen molar-refractivity contribution in [1.82, 2.24) is 9.78 Å². The summed E-state index contributed by atoms with van der Waals surface area (Å²) >= 11 is 8.76. The van der Waals surface area contributed by atoms with Crippen molar-refractivity contribution in [2.45, 2.75) is 20.4 Å². The van der Waals surface area contributed by atoms with Gasteiger partial charge in [-0.15, -0.1) is 0 Å². The lowest BCUT2D eigenvalue weighted by Crippen LogP contribution is -2.20. The molecule has 0 aliphatic rings. The molecule has 0 amide bonds. The van der Waals surface area contributed by atoms with E-state index in [1.807, 2.05) is 30.7 Å². The molecule has 0 saturated carbocycles. The van der Waals surface area contributed by atoms with Crippen molar-refractivity contribution in [2.24, 2.45) is 0 Å². The number of benzene rings is 2. The highest BCUT2D eigenvalue weighted by Gasteiger charge is 2.13. The van der Waals surface area contributed by atoms with Crippen molar-refractivity contribution >= 4 is 44.6 Å². The largest absolute Gasteiger partial charge is 0.330 e. The van der Waals surface area contributed by atoms with Gasteiger partial charge in [0.2, 0.25) is 0 Å². The summed E-state index contributed by atoms with van der Waals surface area (Å²) in [6.07, 6.45) is 0. The van der Waals surface area contributed by atoms with Gasteiger partial charge in [0.15, 0.2) is 5.11 Å². The van der Waals surface area contributed by atoms with Crippen molar-refractivity contribution in [2.75, 3.05) is 10.6 Å². The molecule has 0 aliphatic carbocycles. The summed E-state index contributed by atoms with van der Waals surface area (Å²) in [5.74, 6) is -0.351. The predicted octanol–water partition coefficient (Wildman–Crippen LogP) is 5.26. The molecule has 0 radical (unpaired) electrons. The average molecular weight is 433 g/mol. The van der Waals surface area contributed by atoms with Crippen molar-refractivity contribution < 1.29 is 4.39 Å². The molecule has 0 atom stereocenters. The Hall–Kier alpha value is -2.25. The summed E-state index contributed by atoms with van der Waals surface area (Å²) < 4.78 is 16.7. The minimum absolute atomic E-state index is 0.324. The number of nitrogens with zero attached hydrogens (tertiary/aromatic N) is 2. The van der Waals surface area contributed by atoms with Crippen molar-refractivity contribution in [3.8, 4) is 0 Å². The average Bonchev–Trinajstić information content (AvgIpc) is 2.86. The summed E-state index contributed by atoms with van der Waals surface area (Å²) in [6, 6.07) is 14.5. The van der Waals surface area contributed by atoms with Crippen molar-refractivity contribution in [3.63, 3.8) is 0 Å². The van der Waals surface area contributed by atoms with Crippen LogP contribution < -0.4 is 10.6 Å². The fraction of sp³-hybridized carbons (Fsp3) is 0.158. The van der Waals surface area contributed by atoms with E-state index in [-0.39, 0.29) is 5.82 Å². The maximum absolute atomic E-state index is 13.8. The number of thiocarbonyl (C=S) groups is 1. The molecule has 0 spiro atoms. The lowest BCUT2D eigenvalue weighted by atomic mass is 10.2. The van der Waals surface area contributed by atoms with Crippen LogP contribution in [-0.4, -0.2) is 14.9 Å². The zero-order chi connectivity index (χ0) is 18.7. The van der Waals surface area contributed by atoms with Crippen LogP contribution in [-0.2, 0) is 6.54 Å². The van der Waals surface area contributed by atoms with E-state index in [2.05, 4.69) is 43.8 Å². The highest BCUT2D eigenvalue weighted by atomic mass is 79.9. The molecule has 3 aromatic rings. The summed E-state index contributed by atoms with van der Waals surface area (Å²) in [5, 5.41) is 10.9. The Labute approximate surface area is 165 Å². The van der Waals surface area contributed by atoms with Crippen LogP contribution in [0.3, 0.4) is 0 Å². The molecule has 2 aromatic carbocycles. The first kappa shape index (κ1) is 18.5. The van der Waals surface area contributed by atoms with Gasteiger partial charge in [-0.1, -0.05) is 40.2 Å². The Morgan fingerprint density at radius 2 is 1.81 bits per heavy atom. The second kappa shape index (κ2) is 7.97. The lowest BCUT2D eigenvalue weighted by Gasteiger charge is -2.12. The summed E-state index contributed by atoms with van der Waals surface area (Å²) in [7, 11) is 0. The fourth-order valence-corrected chi connectivity index (χ4v) is 3.10. The van der Waals surface area contributed by atoms with Gasteiger partial charge in [0.1, 0.15) is 5.82 Å². The van der Waals surface area contributed by atoms with E-state index in [9.17, 15) is 4.39 Å². The normalized spacial score (nSPS) is 10.6. The van der Waals surface area contributed by atoms with Gasteiger partial charge < -0.3 is 10.6 Å². The van der Waals surface area contributed by atoms with Crippen LogP contribution in [0.25, 0.3) is 0 Å². The number of aromatic nitrogens is 2. The summed E-state index contributed by atoms with van der Waals surface area (Å²) in [4.78, 5) is 0. The highest BCUT2D eigenvalue weighted by Crippen LogP contribution is 2.22. The first-order valence-electron chi connectivity index (χ1n) is 8.05. The first-order chi connectivity index (χ1) is 12.4. The van der Waals surface area contributed by atoms with E-state index in [1.165, 1.54) is 6.07 Å². The molecule has 0 saturated heterocycles. The maximum Gasteiger partial charge on any atom is 0.175 e. The fourth-order valence-electron chi connectivity index (χ4n) is 2.62. The Kier molecular flexibility index (Phi) is 5.68. The van der Waals surface area contributed by atoms with E-state index in [4.69, 9.17) is 12.2 Å². The molecule has 2 N–H and O–H groups in total. The van der Waals surface area contributed by atoms with Crippen molar-refractivity contribution in [3.05, 3.63) is 75.8 Å². The molecule has 4 nitrogen and oxygen atoms in total. The number of halogens is 2. The minimum atomic E-state index is -0.351. The van der Waals surface area contributed by atoms with Gasteiger partial charge in [-0.25, -0.2) is 4.39 Å². The molecule has 0 unspecified atom stereocenters. The van der Waals surface area contributed by atoms with Gasteiger partial charge in [0.25, 0.3) is 0 Å². The lowest BCUT2D eigenvalue weighted by molar-refractivity contribution is 0.632. The Balaban J connectivity index is 1.74. The van der Waals surface area contributed by atoms with Crippen LogP contribution >= 0.6 is 28.1 Å². The SMILES string of the molecule is Cc1nn(Cc2ccc(Br)cc2)c(C)c1NC(=S)Nc1ccccc1F. The smallest absolute Gasteiger partial charge is 0.175 e. The number of anilines is 2. The highest BCUT2D eigenvalue weighted by molar-refractivity contribution is 9.10. The van der Waals surface area contributed by atoms with Crippen LogP contribution in [0.15, 0.2) is 53.0 Å². The third kappa shape index (κ3) is 4.28. The molecule has 1 heterocycles. The topological polar surface area (TPSA) is 41.9 Å². The number of rotatable bonds is 4. The molecule has 134 valence electrons. The van der Waals surface area contributed by atoms with Gasteiger partial charge in [-0.05, 0) is 55.9 Å². The van der Waals surface area contributed by atoms with E-state index in [0.717, 1.165) is 27.1 Å². The Bertz CT molecular complexity index is 937. The zero-order valence-corrected chi connectivity index (χ0v) is 16.8. The van der Waals surface area contributed by atoms with Gasteiger partial charge in [-0.2, -0.15) is 5.10 Å². The molecular formula is C19H18BrFN4S. The molecule has 1 aromatic heterocycles. The van der Waals surface area contributed by atoms with E-state index in [0.29, 0.717) is 17.3 Å². The number of aryl methyl sites for hydroxylation is 1. The summed E-state index contributed by atoms with van der Waals surface area (Å²) in [5.41, 5.74) is 4.11. The number of hydrogen-bond donors (Lipinski definition) is 2. The second-order valence-electron chi connectivity index (χ2n) is 5.89. The zero-order valence-electron chi connectivity index (χ0n) is 14.4. The van der Waals surface area contributed by atoms with Gasteiger partial charge in [0, 0.05) is 4.47 Å². The number of para-hydroxylation sites is 1. The summed E-state index contributed by atoms with van der Waals surface area (Å²) in [6.45, 7) is 4.56. The monoisotopic (exact) mass is 432 g/mol. The van der Waals surface area contributed by atoms with Crippen molar-refractivity contribution in [1.29, 1.82) is 0 Å². The Morgan fingerprint density at radius 3 is 2.50 bits per heavy atom. The van der Waals surface area contributed by atoms with Gasteiger partial charge >= 0.3 is 0 Å². The molecule has 3 rings (SSSR count). The van der Waals surface area contributed by atoms with Crippen LogP contribution in [0.4, 0.5) is 15.8 Å². The molecule has 0 bridgehead atoms. The van der Waals surface area contributed by atoms with E-state index >= 15 is 0 Å². The number of nitrogens with one attached hydrogen (secondary N) is 2. The third-order valence-corrected chi connectivity index (χ3v) is 4.72. The van der Waals surface area contributed by atoms with Crippen LogP contribution in [0.5, 0.6) is 0 Å². The van der Waals surface area contributed by atoms with Gasteiger partial charge in [-0.3, -0.25) is 4.68 Å². The Morgan fingerprint density at radius 1 is 1.12 bits per heavy atom. The molecule has 0 fully saturated rings. The quantitative estimate of drug-likeness (QED) is 0.551. The third-order valence-electron chi connectivity index (χ3n) is 3.99. The molecule has 26 heavy (non-hydrogen) atoms. The standard InChI is InChI=1S/C19H18BrFN4S/c1-12-18(23-19(26)22-17-6-4-3-5-16(17)21)13(2)25(24-12)11-14-7-9-15(20)10-8-14/h3-10H,11H2,1-2H3,(H2,22,23,26). The van der Waals surface area contributed by atoms with Crippen LogP contribution in [0, 0.1) is 19.7 Å². The number of hydrogen-bond acceptors (Lipinski definition) is 2. The van der Waals surface area contributed by atoms with Crippen LogP contribution in [0.1, 0.15) is 17.0 Å².